The van der Waals surface area contributed by atoms with Crippen molar-refractivity contribution >= 4 is 22.3 Å². The molecule has 1 aliphatic heterocycles. The fourth-order valence-corrected chi connectivity index (χ4v) is 5.11. The van der Waals surface area contributed by atoms with Gasteiger partial charge in [0.1, 0.15) is 0 Å². The number of nitrogens with one attached hydrogen (secondary N) is 2. The maximum atomic E-state index is 4.43. The van der Waals surface area contributed by atoms with E-state index in [0.717, 1.165) is 31.6 Å². The molecule has 2 N–H and O–H groups in total. The zero-order valence-electron chi connectivity index (χ0n) is 17.1. The molecule has 1 aliphatic carbocycles. The lowest BCUT2D eigenvalue weighted by atomic mass is 9.94. The fraction of sp³-hybridized carbons (Fsp3) is 0.762. The highest BCUT2D eigenvalue weighted by molar-refractivity contribution is 7.14. The Morgan fingerprint density at radius 1 is 1.22 bits per heavy atom. The van der Waals surface area contributed by atoms with Crippen LogP contribution >= 0.6 is 11.3 Å². The van der Waals surface area contributed by atoms with E-state index in [1.165, 1.54) is 62.9 Å². The van der Waals surface area contributed by atoms with Gasteiger partial charge in [0.05, 0.1) is 5.00 Å². The van der Waals surface area contributed by atoms with Crippen LogP contribution in [0.15, 0.2) is 22.5 Å². The number of aliphatic imine (C=N–C) groups is 1. The van der Waals surface area contributed by atoms with Crippen molar-refractivity contribution in [2.24, 2.45) is 4.99 Å². The normalized spacial score (nSPS) is 20.3. The van der Waals surface area contributed by atoms with Crippen molar-refractivity contribution in [3.8, 4) is 0 Å². The molecule has 6 heteroatoms. The molecular formula is C21H37N5S. The average Bonchev–Trinajstić information content (AvgIpc) is 3.26. The molecular weight excluding hydrogens is 354 g/mol. The van der Waals surface area contributed by atoms with Crippen LogP contribution in [0.25, 0.3) is 0 Å². The minimum absolute atomic E-state index is 0.525. The Morgan fingerprint density at radius 2 is 2.00 bits per heavy atom. The van der Waals surface area contributed by atoms with Crippen molar-refractivity contribution < 1.29 is 0 Å². The molecule has 1 aromatic rings. The minimum Gasteiger partial charge on any atom is -0.363 e. The van der Waals surface area contributed by atoms with Gasteiger partial charge in [-0.05, 0) is 63.2 Å². The third-order valence-electron chi connectivity index (χ3n) is 6.06. The molecule has 0 aromatic carbocycles. The van der Waals surface area contributed by atoms with Crippen LogP contribution in [0.4, 0.5) is 5.00 Å². The van der Waals surface area contributed by atoms with E-state index in [2.05, 4.69) is 50.0 Å². The molecule has 2 fully saturated rings. The van der Waals surface area contributed by atoms with Gasteiger partial charge in [-0.3, -0.25) is 4.99 Å². The van der Waals surface area contributed by atoms with E-state index >= 15 is 0 Å². The van der Waals surface area contributed by atoms with E-state index in [0.29, 0.717) is 6.04 Å². The predicted molar refractivity (Wildman–Crippen MR) is 118 cm³/mol. The van der Waals surface area contributed by atoms with Crippen LogP contribution in [0.2, 0.25) is 0 Å². The van der Waals surface area contributed by atoms with Crippen molar-refractivity contribution in [1.82, 2.24) is 15.5 Å². The van der Waals surface area contributed by atoms with Gasteiger partial charge in [-0.1, -0.05) is 19.3 Å². The molecule has 2 heterocycles. The topological polar surface area (TPSA) is 42.9 Å². The summed E-state index contributed by atoms with van der Waals surface area (Å²) in [5.74, 6) is 0.963. The first-order valence-corrected chi connectivity index (χ1v) is 11.6. The standard InChI is InChI=1S/C21H37N5S/c1-22-21(23-13-7-14-25(2)19-8-4-3-5-9-19)24-18-11-15-26(16-12-18)20-10-6-17-27-20/h6,10,17-19H,3-5,7-9,11-16H2,1-2H3,(H2,22,23,24). The second-order valence-corrected chi connectivity index (χ2v) is 8.91. The van der Waals surface area contributed by atoms with Crippen molar-refractivity contribution in [2.75, 3.05) is 45.2 Å². The molecule has 0 unspecified atom stereocenters. The lowest BCUT2D eigenvalue weighted by Gasteiger charge is -2.33. The second kappa shape index (κ2) is 10.9. The molecule has 0 radical (unpaired) electrons. The Kier molecular flexibility index (Phi) is 8.27. The number of nitrogens with zero attached hydrogens (tertiary/aromatic N) is 3. The fourth-order valence-electron chi connectivity index (χ4n) is 4.32. The number of anilines is 1. The quantitative estimate of drug-likeness (QED) is 0.424. The van der Waals surface area contributed by atoms with E-state index in [4.69, 9.17) is 0 Å². The van der Waals surface area contributed by atoms with Gasteiger partial charge in [-0.25, -0.2) is 0 Å². The molecule has 1 saturated carbocycles. The average molecular weight is 392 g/mol. The van der Waals surface area contributed by atoms with Gasteiger partial charge in [0.25, 0.3) is 0 Å². The number of thiophene rings is 1. The summed E-state index contributed by atoms with van der Waals surface area (Å²) >= 11 is 1.84. The molecule has 5 nitrogen and oxygen atoms in total. The number of hydrogen-bond acceptors (Lipinski definition) is 4. The zero-order valence-corrected chi connectivity index (χ0v) is 17.9. The summed E-state index contributed by atoms with van der Waals surface area (Å²) in [5, 5.41) is 10.7. The summed E-state index contributed by atoms with van der Waals surface area (Å²) in [7, 11) is 4.18. The highest BCUT2D eigenvalue weighted by atomic mass is 32.1. The Balaban J connectivity index is 1.30. The van der Waals surface area contributed by atoms with Crippen LogP contribution < -0.4 is 15.5 Å². The monoisotopic (exact) mass is 391 g/mol. The smallest absolute Gasteiger partial charge is 0.191 e. The van der Waals surface area contributed by atoms with Gasteiger partial charge in [0, 0.05) is 38.8 Å². The maximum Gasteiger partial charge on any atom is 0.191 e. The molecule has 0 spiro atoms. The van der Waals surface area contributed by atoms with E-state index in [9.17, 15) is 0 Å². The largest absolute Gasteiger partial charge is 0.363 e. The molecule has 1 saturated heterocycles. The summed E-state index contributed by atoms with van der Waals surface area (Å²) in [6.07, 6.45) is 10.5. The van der Waals surface area contributed by atoms with Crippen molar-refractivity contribution in [1.29, 1.82) is 0 Å². The van der Waals surface area contributed by atoms with Gasteiger partial charge in [0.2, 0.25) is 0 Å². The number of piperidine rings is 1. The highest BCUT2D eigenvalue weighted by Crippen LogP contribution is 2.25. The molecule has 152 valence electrons. The Bertz CT molecular complexity index is 545. The van der Waals surface area contributed by atoms with Crippen molar-refractivity contribution in [3.63, 3.8) is 0 Å². The van der Waals surface area contributed by atoms with Crippen molar-refractivity contribution in [2.45, 2.75) is 63.5 Å². The molecule has 3 rings (SSSR count). The van der Waals surface area contributed by atoms with E-state index in [1.807, 2.05) is 18.4 Å². The minimum atomic E-state index is 0.525. The van der Waals surface area contributed by atoms with Gasteiger partial charge in [-0.15, -0.1) is 11.3 Å². The third kappa shape index (κ3) is 6.39. The van der Waals surface area contributed by atoms with Crippen LogP contribution in [0.3, 0.4) is 0 Å². The lowest BCUT2D eigenvalue weighted by molar-refractivity contribution is 0.190. The number of guanidine groups is 1. The van der Waals surface area contributed by atoms with Gasteiger partial charge in [-0.2, -0.15) is 0 Å². The zero-order chi connectivity index (χ0) is 18.9. The van der Waals surface area contributed by atoms with Crippen molar-refractivity contribution in [3.05, 3.63) is 17.5 Å². The lowest BCUT2D eigenvalue weighted by Crippen LogP contribution is -2.49. The first kappa shape index (κ1) is 20.5. The van der Waals surface area contributed by atoms with Crippen LogP contribution in [-0.2, 0) is 0 Å². The summed E-state index contributed by atoms with van der Waals surface area (Å²) in [4.78, 5) is 9.49. The summed E-state index contributed by atoms with van der Waals surface area (Å²) in [6, 6.07) is 5.70. The molecule has 0 atom stereocenters. The van der Waals surface area contributed by atoms with Crippen LogP contribution in [0.1, 0.15) is 51.4 Å². The number of rotatable bonds is 7. The maximum absolute atomic E-state index is 4.43. The second-order valence-electron chi connectivity index (χ2n) is 7.98. The van der Waals surface area contributed by atoms with Crippen LogP contribution in [-0.4, -0.2) is 63.2 Å². The third-order valence-corrected chi connectivity index (χ3v) is 6.98. The summed E-state index contributed by atoms with van der Waals surface area (Å²) in [6.45, 7) is 4.42. The Morgan fingerprint density at radius 3 is 2.67 bits per heavy atom. The molecule has 1 aromatic heterocycles. The van der Waals surface area contributed by atoms with Gasteiger partial charge in [0.15, 0.2) is 5.96 Å². The molecule has 0 amide bonds. The molecule has 2 aliphatic rings. The predicted octanol–water partition coefficient (Wildman–Crippen LogP) is 3.54. The van der Waals surface area contributed by atoms with Crippen LogP contribution in [0.5, 0.6) is 0 Å². The SMILES string of the molecule is CN=C(NCCCN(C)C1CCCCC1)NC1CCN(c2cccs2)CC1. The van der Waals surface area contributed by atoms with E-state index < -0.39 is 0 Å². The number of hydrogen-bond donors (Lipinski definition) is 2. The molecule has 27 heavy (non-hydrogen) atoms. The summed E-state index contributed by atoms with van der Waals surface area (Å²) < 4.78 is 0. The van der Waals surface area contributed by atoms with E-state index in [-0.39, 0.29) is 0 Å². The first-order valence-electron chi connectivity index (χ1n) is 10.7. The van der Waals surface area contributed by atoms with E-state index in [1.54, 1.807) is 0 Å². The van der Waals surface area contributed by atoms with Crippen LogP contribution in [0, 0.1) is 0 Å². The Hall–Kier alpha value is -1.27. The highest BCUT2D eigenvalue weighted by Gasteiger charge is 2.21. The van der Waals surface area contributed by atoms with Gasteiger partial charge >= 0.3 is 0 Å². The Labute approximate surface area is 169 Å². The molecule has 0 bridgehead atoms. The first-order chi connectivity index (χ1) is 13.3. The summed E-state index contributed by atoms with van der Waals surface area (Å²) in [5.41, 5.74) is 0. The van der Waals surface area contributed by atoms with Gasteiger partial charge < -0.3 is 20.4 Å².